The summed E-state index contributed by atoms with van der Waals surface area (Å²) in [7, 11) is 0. The number of hydrogen-bond donors (Lipinski definition) is 1. The molecule has 6 heteroatoms. The van der Waals surface area contributed by atoms with Crippen molar-refractivity contribution >= 4 is 5.91 Å². The monoisotopic (exact) mass is 338 g/mol. The summed E-state index contributed by atoms with van der Waals surface area (Å²) in [4.78, 5) is 38.7. The fourth-order valence-corrected chi connectivity index (χ4v) is 3.93. The van der Waals surface area contributed by atoms with Crippen LogP contribution in [-0.2, 0) is 12.8 Å². The average Bonchev–Trinajstić information content (AvgIpc) is 3.07. The molecule has 0 bridgehead atoms. The Labute approximate surface area is 146 Å². The molecule has 25 heavy (non-hydrogen) atoms. The van der Waals surface area contributed by atoms with Crippen molar-refractivity contribution in [1.29, 1.82) is 0 Å². The number of rotatable bonds is 2. The molecule has 3 heterocycles. The number of hydrogen-bond acceptors (Lipinski definition) is 4. The van der Waals surface area contributed by atoms with Crippen LogP contribution in [0.2, 0.25) is 0 Å². The molecule has 130 valence electrons. The summed E-state index contributed by atoms with van der Waals surface area (Å²) < 4.78 is 0. The highest BCUT2D eigenvalue weighted by Crippen LogP contribution is 2.26. The molecule has 1 aliphatic carbocycles. The molecular weight excluding hydrogens is 316 g/mol. The van der Waals surface area contributed by atoms with Crippen LogP contribution in [0.25, 0.3) is 0 Å². The van der Waals surface area contributed by atoms with Crippen molar-refractivity contribution in [3.05, 3.63) is 57.0 Å². The third-order valence-corrected chi connectivity index (χ3v) is 5.22. The van der Waals surface area contributed by atoms with Crippen LogP contribution in [0.5, 0.6) is 0 Å². The number of carbonyl (C=O) groups is 1. The number of H-pyrrole nitrogens is 1. The van der Waals surface area contributed by atoms with Crippen molar-refractivity contribution in [1.82, 2.24) is 19.9 Å². The van der Waals surface area contributed by atoms with E-state index >= 15 is 0 Å². The molecule has 2 aliphatic rings. The molecule has 0 radical (unpaired) electrons. The van der Waals surface area contributed by atoms with Crippen molar-refractivity contribution in [2.75, 3.05) is 13.1 Å². The average molecular weight is 338 g/mol. The lowest BCUT2D eigenvalue weighted by Gasteiger charge is -2.32. The highest BCUT2D eigenvalue weighted by Gasteiger charge is 2.28. The van der Waals surface area contributed by atoms with Crippen molar-refractivity contribution in [2.45, 2.75) is 44.9 Å². The van der Waals surface area contributed by atoms with E-state index in [1.165, 1.54) is 0 Å². The number of aryl methyl sites for hydroxylation is 3. The molecule has 6 nitrogen and oxygen atoms in total. The summed E-state index contributed by atoms with van der Waals surface area (Å²) in [5.74, 6) is 0.0138. The molecule has 1 unspecified atom stereocenters. The van der Waals surface area contributed by atoms with E-state index in [1.54, 1.807) is 23.4 Å². The van der Waals surface area contributed by atoms with Crippen LogP contribution in [0.4, 0.5) is 0 Å². The van der Waals surface area contributed by atoms with E-state index in [0.717, 1.165) is 54.7 Å². The number of carbonyl (C=O) groups excluding carboxylic acids is 1. The van der Waals surface area contributed by atoms with Gasteiger partial charge < -0.3 is 9.88 Å². The van der Waals surface area contributed by atoms with Gasteiger partial charge in [0.05, 0.1) is 11.4 Å². The van der Waals surface area contributed by atoms with Gasteiger partial charge in [0.2, 0.25) is 0 Å². The molecule has 1 amide bonds. The zero-order valence-corrected chi connectivity index (χ0v) is 14.4. The number of likely N-dealkylation sites (tertiary alicyclic amines) is 1. The topological polar surface area (TPSA) is 79.0 Å². The normalized spacial score (nSPS) is 19.7. The van der Waals surface area contributed by atoms with E-state index in [4.69, 9.17) is 0 Å². The number of fused-ring (bicyclic) bond motifs is 1. The second-order valence-corrected chi connectivity index (χ2v) is 7.05. The van der Waals surface area contributed by atoms with E-state index < -0.39 is 0 Å². The molecule has 0 spiro atoms. The largest absolute Gasteiger partial charge is 0.338 e. The number of pyridine rings is 1. The van der Waals surface area contributed by atoms with Crippen molar-refractivity contribution < 1.29 is 4.79 Å². The Kier molecular flexibility index (Phi) is 4.11. The number of aromatic nitrogens is 3. The molecule has 0 saturated carbocycles. The van der Waals surface area contributed by atoms with E-state index in [9.17, 15) is 9.59 Å². The first kappa shape index (κ1) is 16.0. The van der Waals surface area contributed by atoms with Gasteiger partial charge in [-0.1, -0.05) is 0 Å². The minimum Gasteiger partial charge on any atom is -0.338 e. The summed E-state index contributed by atoms with van der Waals surface area (Å²) in [6.07, 6.45) is 8.30. The van der Waals surface area contributed by atoms with Crippen molar-refractivity contribution in [3.8, 4) is 0 Å². The summed E-state index contributed by atoms with van der Waals surface area (Å²) >= 11 is 0. The minimum atomic E-state index is -0.261. The molecule has 1 atom stereocenters. The molecule has 1 aliphatic heterocycles. The fraction of sp³-hybridized carbons (Fsp3) is 0.474. The third-order valence-electron chi connectivity index (χ3n) is 5.22. The van der Waals surface area contributed by atoms with Crippen LogP contribution in [0, 0.1) is 6.92 Å². The van der Waals surface area contributed by atoms with Crippen LogP contribution in [-0.4, -0.2) is 38.8 Å². The fourth-order valence-electron chi connectivity index (χ4n) is 3.93. The number of nitrogens with zero attached hydrogens (tertiary/aromatic N) is 3. The van der Waals surface area contributed by atoms with Gasteiger partial charge in [-0.25, -0.2) is 0 Å². The van der Waals surface area contributed by atoms with E-state index in [1.807, 2.05) is 6.92 Å². The zero-order chi connectivity index (χ0) is 17.4. The van der Waals surface area contributed by atoms with Gasteiger partial charge in [0.1, 0.15) is 5.56 Å². The minimum absolute atomic E-state index is 0.165. The molecule has 1 saturated heterocycles. The molecule has 0 aromatic carbocycles. The predicted molar refractivity (Wildman–Crippen MR) is 93.7 cm³/mol. The van der Waals surface area contributed by atoms with E-state index in [-0.39, 0.29) is 22.9 Å². The predicted octanol–water partition coefficient (Wildman–Crippen LogP) is 1.98. The first-order valence-electron chi connectivity index (χ1n) is 8.94. The second-order valence-electron chi connectivity index (χ2n) is 7.05. The second kappa shape index (κ2) is 6.43. The van der Waals surface area contributed by atoms with Crippen LogP contribution in [0.3, 0.4) is 0 Å². The van der Waals surface area contributed by atoms with Gasteiger partial charge in [-0.2, -0.15) is 0 Å². The Morgan fingerprint density at radius 3 is 3.00 bits per heavy atom. The number of nitrogens with one attached hydrogen (secondary N) is 1. The smallest absolute Gasteiger partial charge is 0.261 e. The maximum atomic E-state index is 12.9. The maximum absolute atomic E-state index is 12.9. The summed E-state index contributed by atoms with van der Waals surface area (Å²) in [5, 5.41) is 0. The van der Waals surface area contributed by atoms with Crippen molar-refractivity contribution in [2.24, 2.45) is 0 Å². The summed E-state index contributed by atoms with van der Waals surface area (Å²) in [6, 6.07) is 1.81. The van der Waals surface area contributed by atoms with Gasteiger partial charge >= 0.3 is 0 Å². The van der Waals surface area contributed by atoms with Gasteiger partial charge in [-0.15, -0.1) is 0 Å². The molecule has 1 N–H and O–H groups in total. The molecule has 2 aromatic heterocycles. The Hall–Kier alpha value is -2.50. The van der Waals surface area contributed by atoms with Crippen LogP contribution < -0.4 is 5.56 Å². The first-order chi connectivity index (χ1) is 12.1. The summed E-state index contributed by atoms with van der Waals surface area (Å²) in [5.41, 5.74) is 3.94. The number of piperidine rings is 1. The lowest BCUT2D eigenvalue weighted by Crippen LogP contribution is -2.41. The van der Waals surface area contributed by atoms with Crippen LogP contribution >= 0.6 is 0 Å². The van der Waals surface area contributed by atoms with E-state index in [2.05, 4.69) is 15.0 Å². The van der Waals surface area contributed by atoms with Crippen molar-refractivity contribution in [3.63, 3.8) is 0 Å². The quantitative estimate of drug-likeness (QED) is 0.908. The Bertz CT molecular complexity index is 874. The SMILES string of the molecule is Cc1cncc(C2CCCN(C(=O)c3cc4c([nH]c3=O)CCC4)C2)n1. The lowest BCUT2D eigenvalue weighted by molar-refractivity contribution is 0.0704. The van der Waals surface area contributed by atoms with Gasteiger partial charge in [0.25, 0.3) is 11.5 Å². The Morgan fingerprint density at radius 1 is 1.28 bits per heavy atom. The van der Waals surface area contributed by atoms with Crippen LogP contribution in [0.15, 0.2) is 23.3 Å². The molecular formula is C19H22N4O2. The highest BCUT2D eigenvalue weighted by atomic mass is 16.2. The highest BCUT2D eigenvalue weighted by molar-refractivity contribution is 5.94. The molecule has 4 rings (SSSR count). The number of amides is 1. The Morgan fingerprint density at radius 2 is 2.16 bits per heavy atom. The third kappa shape index (κ3) is 3.08. The summed E-state index contributed by atoms with van der Waals surface area (Å²) in [6.45, 7) is 3.20. The van der Waals surface area contributed by atoms with Gasteiger partial charge in [-0.05, 0) is 50.7 Å². The molecule has 1 fully saturated rings. The first-order valence-corrected chi connectivity index (χ1v) is 8.94. The lowest BCUT2D eigenvalue weighted by atomic mass is 9.94. The van der Waals surface area contributed by atoms with Gasteiger partial charge in [-0.3, -0.25) is 19.6 Å². The van der Waals surface area contributed by atoms with E-state index in [0.29, 0.717) is 13.1 Å². The Balaban J connectivity index is 1.57. The maximum Gasteiger partial charge on any atom is 0.261 e. The van der Waals surface area contributed by atoms with Crippen LogP contribution in [0.1, 0.15) is 58.2 Å². The van der Waals surface area contributed by atoms with Gasteiger partial charge in [0, 0.05) is 37.1 Å². The zero-order valence-electron chi connectivity index (χ0n) is 14.4. The standard InChI is InChI=1S/C19H22N4O2/c1-12-9-20-10-17(21-12)14-5-3-7-23(11-14)19(25)15-8-13-4-2-6-16(13)22-18(15)24/h8-10,14H,2-7,11H2,1H3,(H,22,24). The van der Waals surface area contributed by atoms with Gasteiger partial charge in [0.15, 0.2) is 0 Å². The number of aromatic amines is 1. The molecule has 2 aromatic rings.